The van der Waals surface area contributed by atoms with Crippen molar-refractivity contribution >= 4 is 27.3 Å². The van der Waals surface area contributed by atoms with E-state index in [2.05, 4.69) is 5.32 Å². The Bertz CT molecular complexity index is 646. The summed E-state index contributed by atoms with van der Waals surface area (Å²) in [6, 6.07) is 4.15. The molecule has 2 rings (SSSR count). The molecule has 0 radical (unpaired) electrons. The lowest BCUT2D eigenvalue weighted by Gasteiger charge is -2.16. The normalized spacial score (nSPS) is 21.5. The second kappa shape index (κ2) is 6.93. The quantitative estimate of drug-likeness (QED) is 0.773. The Morgan fingerprint density at radius 1 is 1.50 bits per heavy atom. The third-order valence-corrected chi connectivity index (χ3v) is 5.72. The number of quaternary nitrogens is 1. The Hall–Kier alpha value is -1.18. The van der Waals surface area contributed by atoms with Gasteiger partial charge < -0.3 is 10.2 Å². The molecule has 1 saturated heterocycles. The number of hydrogen-bond donors (Lipinski definition) is 2. The Balaban J connectivity index is 1.87. The van der Waals surface area contributed by atoms with E-state index in [0.717, 1.165) is 4.90 Å². The lowest BCUT2D eigenvalue weighted by atomic mass is 10.2. The van der Waals surface area contributed by atoms with E-state index in [4.69, 9.17) is 11.6 Å². The summed E-state index contributed by atoms with van der Waals surface area (Å²) in [6.45, 7) is 0.406. The number of benzene rings is 1. The predicted molar refractivity (Wildman–Crippen MR) is 82.1 cm³/mol. The third-order valence-electron chi connectivity index (χ3n) is 3.60. The Morgan fingerprint density at radius 3 is 2.82 bits per heavy atom. The number of hydrogen-bond acceptors (Lipinski definition) is 3. The molecule has 1 aliphatic rings. The van der Waals surface area contributed by atoms with Gasteiger partial charge in [-0.1, -0.05) is 17.7 Å². The number of carbonyl (C=O) groups is 1. The van der Waals surface area contributed by atoms with Gasteiger partial charge in [0.25, 0.3) is 5.91 Å². The van der Waals surface area contributed by atoms with Gasteiger partial charge >= 0.3 is 0 Å². The Morgan fingerprint density at radius 2 is 2.23 bits per heavy atom. The largest absolute Gasteiger partial charge is 0.347 e. The van der Waals surface area contributed by atoms with Crippen LogP contribution in [0, 0.1) is 5.82 Å². The molecule has 1 unspecified atom stereocenters. The van der Waals surface area contributed by atoms with E-state index >= 15 is 0 Å². The van der Waals surface area contributed by atoms with E-state index in [1.165, 1.54) is 12.1 Å². The van der Waals surface area contributed by atoms with Crippen LogP contribution in [0.2, 0.25) is 5.02 Å². The molecule has 0 spiro atoms. The number of carbonyl (C=O) groups excluding carboxylic acids is 1. The van der Waals surface area contributed by atoms with Gasteiger partial charge in [-0.05, 0) is 18.6 Å². The van der Waals surface area contributed by atoms with Gasteiger partial charge in [0.15, 0.2) is 16.4 Å². The van der Waals surface area contributed by atoms with Crippen LogP contribution in [0.5, 0.6) is 0 Å². The highest BCUT2D eigenvalue weighted by Crippen LogP contribution is 2.17. The molecule has 1 heterocycles. The van der Waals surface area contributed by atoms with Crippen molar-refractivity contribution in [2.75, 3.05) is 25.1 Å². The summed E-state index contributed by atoms with van der Waals surface area (Å²) in [5.41, 5.74) is 0.373. The predicted octanol–water partition coefficient (Wildman–Crippen LogP) is -0.203. The molecule has 22 heavy (non-hydrogen) atoms. The molecular formula is C14H19ClFN2O3S+. The fraction of sp³-hybridized carbons (Fsp3) is 0.500. The molecule has 1 aromatic carbocycles. The average molecular weight is 350 g/mol. The Kier molecular flexibility index (Phi) is 5.41. The van der Waals surface area contributed by atoms with E-state index in [-0.39, 0.29) is 36.5 Å². The highest BCUT2D eigenvalue weighted by Gasteiger charge is 2.29. The van der Waals surface area contributed by atoms with E-state index in [1.54, 1.807) is 13.1 Å². The first-order chi connectivity index (χ1) is 10.3. The van der Waals surface area contributed by atoms with Gasteiger partial charge in [0.05, 0.1) is 29.1 Å². The zero-order valence-electron chi connectivity index (χ0n) is 12.2. The molecule has 1 aliphatic heterocycles. The van der Waals surface area contributed by atoms with Crippen molar-refractivity contribution in [1.82, 2.24) is 5.32 Å². The topological polar surface area (TPSA) is 67.7 Å². The molecule has 0 bridgehead atoms. The van der Waals surface area contributed by atoms with Crippen LogP contribution in [0.15, 0.2) is 18.2 Å². The smallest absolute Gasteiger partial charge is 0.275 e. The maximum absolute atomic E-state index is 13.7. The first kappa shape index (κ1) is 17.2. The number of halogens is 2. The first-order valence-electron chi connectivity index (χ1n) is 7.01. The summed E-state index contributed by atoms with van der Waals surface area (Å²) in [7, 11) is -1.26. The van der Waals surface area contributed by atoms with Gasteiger partial charge in [-0.2, -0.15) is 0 Å². The number of amides is 1. The van der Waals surface area contributed by atoms with Crippen LogP contribution in [0.1, 0.15) is 12.0 Å². The maximum Gasteiger partial charge on any atom is 0.275 e. The number of nitrogens with one attached hydrogen (secondary N) is 2. The molecule has 0 aliphatic carbocycles. The van der Waals surface area contributed by atoms with Gasteiger partial charge in [-0.3, -0.25) is 4.79 Å². The van der Waals surface area contributed by atoms with Crippen LogP contribution in [0.4, 0.5) is 4.39 Å². The molecule has 8 heteroatoms. The van der Waals surface area contributed by atoms with E-state index in [9.17, 15) is 17.6 Å². The van der Waals surface area contributed by atoms with Crippen molar-refractivity contribution in [3.8, 4) is 0 Å². The van der Waals surface area contributed by atoms with Crippen LogP contribution in [0.3, 0.4) is 0 Å². The van der Waals surface area contributed by atoms with Gasteiger partial charge in [-0.25, -0.2) is 12.8 Å². The van der Waals surface area contributed by atoms with E-state index in [0.29, 0.717) is 17.0 Å². The Labute approximate surface area is 134 Å². The van der Waals surface area contributed by atoms with Crippen molar-refractivity contribution in [3.63, 3.8) is 0 Å². The number of sulfone groups is 1. The minimum absolute atomic E-state index is 0.00305. The second-order valence-electron chi connectivity index (χ2n) is 5.68. The zero-order valence-corrected chi connectivity index (χ0v) is 13.8. The fourth-order valence-corrected chi connectivity index (χ4v) is 4.43. The molecular weight excluding hydrogens is 331 g/mol. The second-order valence-corrected chi connectivity index (χ2v) is 8.31. The summed E-state index contributed by atoms with van der Waals surface area (Å²) in [5.74, 6) is -0.524. The molecule has 0 saturated carbocycles. The summed E-state index contributed by atoms with van der Waals surface area (Å²) in [4.78, 5) is 12.7. The minimum atomic E-state index is -3.02. The van der Waals surface area contributed by atoms with Crippen LogP contribution < -0.4 is 10.2 Å². The lowest BCUT2D eigenvalue weighted by molar-refractivity contribution is -0.885. The SMILES string of the molecule is C[NH+](CC(=O)N[C@H]1CCS(=O)(=O)C1)Cc1c(F)cccc1Cl. The van der Waals surface area contributed by atoms with Crippen LogP contribution >= 0.6 is 11.6 Å². The average Bonchev–Trinajstić information content (AvgIpc) is 2.73. The summed E-state index contributed by atoms with van der Waals surface area (Å²) >= 11 is 5.96. The maximum atomic E-state index is 13.7. The molecule has 1 fully saturated rings. The van der Waals surface area contributed by atoms with Gasteiger partial charge in [0.1, 0.15) is 12.4 Å². The highest BCUT2D eigenvalue weighted by molar-refractivity contribution is 7.91. The van der Waals surface area contributed by atoms with E-state index < -0.39 is 15.7 Å². The minimum Gasteiger partial charge on any atom is -0.347 e. The molecule has 1 aromatic rings. The number of rotatable bonds is 5. The van der Waals surface area contributed by atoms with Crippen LogP contribution in [-0.4, -0.2) is 45.5 Å². The standard InChI is InChI=1S/C14H18ClFN2O3S/c1-18(7-11-12(15)3-2-4-13(11)16)8-14(19)17-10-5-6-22(20,21)9-10/h2-4,10H,5-9H2,1H3,(H,17,19)/p+1/t10-/m0/s1. The van der Waals surface area contributed by atoms with Gasteiger partial charge in [0, 0.05) is 6.04 Å². The van der Waals surface area contributed by atoms with Crippen molar-refractivity contribution in [2.45, 2.75) is 19.0 Å². The van der Waals surface area contributed by atoms with Gasteiger partial charge in [-0.15, -0.1) is 0 Å². The third kappa shape index (κ3) is 4.66. The monoisotopic (exact) mass is 349 g/mol. The highest BCUT2D eigenvalue weighted by atomic mass is 35.5. The zero-order chi connectivity index (χ0) is 16.3. The van der Waals surface area contributed by atoms with Crippen LogP contribution in [0.25, 0.3) is 0 Å². The summed E-state index contributed by atoms with van der Waals surface area (Å²) < 4.78 is 36.4. The van der Waals surface area contributed by atoms with Gasteiger partial charge in [0.2, 0.25) is 0 Å². The molecule has 2 N–H and O–H groups in total. The van der Waals surface area contributed by atoms with Crippen molar-refractivity contribution in [1.29, 1.82) is 0 Å². The molecule has 1 amide bonds. The molecule has 5 nitrogen and oxygen atoms in total. The fourth-order valence-electron chi connectivity index (χ4n) is 2.53. The van der Waals surface area contributed by atoms with Crippen molar-refractivity contribution < 1.29 is 22.5 Å². The number of likely N-dealkylation sites (N-methyl/N-ethyl adjacent to an activating group) is 1. The lowest BCUT2D eigenvalue weighted by Crippen LogP contribution is -3.09. The summed E-state index contributed by atoms with van der Waals surface area (Å²) in [5, 5.41) is 3.05. The van der Waals surface area contributed by atoms with Crippen molar-refractivity contribution in [3.05, 3.63) is 34.6 Å². The molecule has 0 aromatic heterocycles. The molecule has 2 atom stereocenters. The van der Waals surface area contributed by atoms with E-state index in [1.807, 2.05) is 0 Å². The van der Waals surface area contributed by atoms with Crippen molar-refractivity contribution in [2.24, 2.45) is 0 Å². The van der Waals surface area contributed by atoms with Crippen LogP contribution in [-0.2, 0) is 21.2 Å². The summed E-state index contributed by atoms with van der Waals surface area (Å²) in [6.07, 6.45) is 0.451. The first-order valence-corrected chi connectivity index (χ1v) is 9.21. The molecule has 122 valence electrons.